The van der Waals surface area contributed by atoms with Gasteiger partial charge in [-0.25, -0.2) is 0 Å². The van der Waals surface area contributed by atoms with Gasteiger partial charge in [-0.3, -0.25) is 9.59 Å². The maximum atomic E-state index is 13.1. The second-order valence-electron chi connectivity index (χ2n) is 6.84. The summed E-state index contributed by atoms with van der Waals surface area (Å²) in [6.07, 6.45) is 4.57. The van der Waals surface area contributed by atoms with E-state index in [9.17, 15) is 14.7 Å². The zero-order chi connectivity index (χ0) is 21.1. The van der Waals surface area contributed by atoms with E-state index < -0.39 is 23.5 Å². The van der Waals surface area contributed by atoms with Gasteiger partial charge in [0, 0.05) is 4.47 Å². The maximum Gasteiger partial charge on any atom is 0.290 e. The molecule has 1 unspecified atom stereocenters. The molecule has 1 amide bonds. The number of furan rings is 1. The minimum atomic E-state index is -0.729. The fourth-order valence-electron chi connectivity index (χ4n) is 3.49. The monoisotopic (exact) mass is 463 g/mol. The van der Waals surface area contributed by atoms with E-state index in [4.69, 9.17) is 4.42 Å². The molecular weight excluding hydrogens is 446 g/mol. The molecule has 150 valence electrons. The molecule has 0 fully saturated rings. The quantitative estimate of drug-likeness (QED) is 0.508. The number of aliphatic hydroxyl groups is 1. The summed E-state index contributed by atoms with van der Waals surface area (Å²) in [5, 5.41) is 10.6. The van der Waals surface area contributed by atoms with Crippen molar-refractivity contribution in [2.45, 2.75) is 12.6 Å². The fraction of sp³-hybridized carbons (Fsp3) is 0.0833. The molecule has 0 spiro atoms. The number of carbonyl (C=O) groups excluding carboxylic acids is 2. The molecular formula is C24H18BrNO4. The first-order chi connectivity index (χ1) is 14.5. The van der Waals surface area contributed by atoms with Crippen LogP contribution in [0.25, 0.3) is 6.08 Å². The van der Waals surface area contributed by atoms with Crippen molar-refractivity contribution in [3.8, 4) is 0 Å². The largest absolute Gasteiger partial charge is 0.503 e. The smallest absolute Gasteiger partial charge is 0.290 e. The summed E-state index contributed by atoms with van der Waals surface area (Å²) in [6.45, 7) is 0.131. The third kappa shape index (κ3) is 4.00. The van der Waals surface area contributed by atoms with Crippen molar-refractivity contribution in [2.75, 3.05) is 0 Å². The van der Waals surface area contributed by atoms with Crippen LogP contribution >= 0.6 is 15.9 Å². The number of benzene rings is 2. The summed E-state index contributed by atoms with van der Waals surface area (Å²) in [4.78, 5) is 27.4. The Morgan fingerprint density at radius 3 is 2.60 bits per heavy atom. The molecule has 1 N–H and O–H groups in total. The molecule has 4 rings (SSSR count). The first-order valence-corrected chi connectivity index (χ1v) is 10.1. The molecule has 2 heterocycles. The molecule has 0 saturated heterocycles. The van der Waals surface area contributed by atoms with Crippen LogP contribution in [-0.4, -0.2) is 21.7 Å². The van der Waals surface area contributed by atoms with Crippen LogP contribution < -0.4 is 0 Å². The number of amides is 1. The zero-order valence-electron chi connectivity index (χ0n) is 15.9. The van der Waals surface area contributed by atoms with Gasteiger partial charge in [0.05, 0.1) is 24.4 Å². The van der Waals surface area contributed by atoms with Crippen molar-refractivity contribution >= 4 is 33.7 Å². The van der Waals surface area contributed by atoms with Crippen molar-refractivity contribution in [1.82, 2.24) is 4.90 Å². The topological polar surface area (TPSA) is 70.8 Å². The maximum absolute atomic E-state index is 13.1. The minimum absolute atomic E-state index is 0.0526. The number of nitrogens with zero attached hydrogens (tertiary/aromatic N) is 1. The van der Waals surface area contributed by atoms with E-state index >= 15 is 0 Å². The summed E-state index contributed by atoms with van der Waals surface area (Å²) in [7, 11) is 0. The third-order valence-corrected chi connectivity index (χ3v) is 5.36. The van der Waals surface area contributed by atoms with Crippen molar-refractivity contribution < 1.29 is 19.1 Å². The Morgan fingerprint density at radius 1 is 1.10 bits per heavy atom. The van der Waals surface area contributed by atoms with E-state index in [1.165, 1.54) is 17.2 Å². The van der Waals surface area contributed by atoms with E-state index in [0.29, 0.717) is 11.3 Å². The summed E-state index contributed by atoms with van der Waals surface area (Å²) in [5.74, 6) is -0.997. The number of ketones is 1. The van der Waals surface area contributed by atoms with Crippen LogP contribution in [-0.2, 0) is 16.1 Å². The van der Waals surface area contributed by atoms with Crippen molar-refractivity contribution in [2.24, 2.45) is 0 Å². The van der Waals surface area contributed by atoms with E-state index in [-0.39, 0.29) is 12.1 Å². The highest BCUT2D eigenvalue weighted by molar-refractivity contribution is 9.10. The Kier molecular flexibility index (Phi) is 5.68. The molecule has 0 bridgehead atoms. The Morgan fingerprint density at radius 2 is 1.90 bits per heavy atom. The van der Waals surface area contributed by atoms with Gasteiger partial charge in [-0.05, 0) is 41.5 Å². The van der Waals surface area contributed by atoms with Crippen LogP contribution in [0, 0.1) is 0 Å². The van der Waals surface area contributed by atoms with Crippen LogP contribution in [0.15, 0.2) is 99.3 Å². The lowest BCUT2D eigenvalue weighted by atomic mass is 9.95. The summed E-state index contributed by atoms with van der Waals surface area (Å²) in [5.41, 5.74) is 1.61. The van der Waals surface area contributed by atoms with Crippen LogP contribution in [0.4, 0.5) is 0 Å². The molecule has 2 aromatic carbocycles. The molecule has 30 heavy (non-hydrogen) atoms. The molecule has 0 aliphatic carbocycles. The van der Waals surface area contributed by atoms with Gasteiger partial charge >= 0.3 is 0 Å². The van der Waals surface area contributed by atoms with Crippen LogP contribution in [0.5, 0.6) is 0 Å². The molecule has 1 atom stereocenters. The van der Waals surface area contributed by atoms with Crippen molar-refractivity contribution in [1.29, 1.82) is 0 Å². The van der Waals surface area contributed by atoms with Crippen LogP contribution in [0.2, 0.25) is 0 Å². The lowest BCUT2D eigenvalue weighted by molar-refractivity contribution is -0.130. The Hall–Kier alpha value is -3.38. The van der Waals surface area contributed by atoms with E-state index in [1.807, 2.05) is 54.6 Å². The minimum Gasteiger partial charge on any atom is -0.503 e. The summed E-state index contributed by atoms with van der Waals surface area (Å²) in [6, 6.07) is 19.5. The highest BCUT2D eigenvalue weighted by Crippen LogP contribution is 2.39. The Bertz CT molecular complexity index is 1130. The molecule has 6 heteroatoms. The number of carbonyl (C=O) groups is 2. The summed E-state index contributed by atoms with van der Waals surface area (Å²) < 4.78 is 6.19. The first-order valence-electron chi connectivity index (χ1n) is 9.34. The average molecular weight is 464 g/mol. The van der Waals surface area contributed by atoms with E-state index in [2.05, 4.69) is 15.9 Å². The predicted octanol–water partition coefficient (Wildman–Crippen LogP) is 5.22. The van der Waals surface area contributed by atoms with Gasteiger partial charge in [-0.1, -0.05) is 64.5 Å². The molecule has 0 saturated carbocycles. The first kappa shape index (κ1) is 19.9. The van der Waals surface area contributed by atoms with Gasteiger partial charge in [0.1, 0.15) is 5.76 Å². The molecule has 1 aromatic heterocycles. The zero-order valence-corrected chi connectivity index (χ0v) is 17.5. The van der Waals surface area contributed by atoms with Gasteiger partial charge < -0.3 is 14.4 Å². The SMILES string of the molecule is O=C(C=Cc1ccccc1)C1=C(O)C(=O)N(Cc2ccco2)C1c1cccc(Br)c1. The lowest BCUT2D eigenvalue weighted by Gasteiger charge is -2.26. The van der Waals surface area contributed by atoms with Gasteiger partial charge in [0.2, 0.25) is 0 Å². The van der Waals surface area contributed by atoms with Gasteiger partial charge in [-0.15, -0.1) is 0 Å². The molecule has 3 aromatic rings. The fourth-order valence-corrected chi connectivity index (χ4v) is 3.90. The molecule has 0 radical (unpaired) electrons. The van der Waals surface area contributed by atoms with Crippen LogP contribution in [0.1, 0.15) is 22.9 Å². The van der Waals surface area contributed by atoms with Crippen molar-refractivity contribution in [3.63, 3.8) is 0 Å². The standard InChI is InChI=1S/C24H18BrNO4/c25-18-9-4-8-17(14-18)22-21(20(27)12-11-16-6-2-1-3-7-16)23(28)24(29)26(22)15-19-10-5-13-30-19/h1-14,22,28H,15H2. The van der Waals surface area contributed by atoms with Gasteiger partial charge in [0.25, 0.3) is 5.91 Å². The highest BCUT2D eigenvalue weighted by Gasteiger charge is 2.43. The third-order valence-electron chi connectivity index (χ3n) is 4.87. The van der Waals surface area contributed by atoms with E-state index in [1.54, 1.807) is 18.2 Å². The second kappa shape index (κ2) is 8.55. The average Bonchev–Trinajstić information content (AvgIpc) is 3.35. The number of rotatable bonds is 6. The van der Waals surface area contributed by atoms with Gasteiger partial charge in [-0.2, -0.15) is 0 Å². The second-order valence-corrected chi connectivity index (χ2v) is 7.76. The Balaban J connectivity index is 1.73. The normalized spacial score (nSPS) is 16.6. The van der Waals surface area contributed by atoms with Gasteiger partial charge in [0.15, 0.2) is 11.5 Å². The summed E-state index contributed by atoms with van der Waals surface area (Å²) >= 11 is 3.44. The number of halogens is 1. The number of allylic oxidation sites excluding steroid dienone is 1. The number of aliphatic hydroxyl groups excluding tert-OH is 1. The Labute approximate surface area is 182 Å². The molecule has 1 aliphatic rings. The lowest BCUT2D eigenvalue weighted by Crippen LogP contribution is -2.30. The number of hydrogen-bond acceptors (Lipinski definition) is 4. The van der Waals surface area contributed by atoms with Crippen LogP contribution in [0.3, 0.4) is 0 Å². The highest BCUT2D eigenvalue weighted by atomic mass is 79.9. The molecule has 1 aliphatic heterocycles. The van der Waals surface area contributed by atoms with E-state index in [0.717, 1.165) is 10.0 Å². The van der Waals surface area contributed by atoms with Crippen molar-refractivity contribution in [3.05, 3.63) is 112 Å². The molecule has 5 nitrogen and oxygen atoms in total. The number of hydrogen-bond donors (Lipinski definition) is 1. The predicted molar refractivity (Wildman–Crippen MR) is 116 cm³/mol.